The van der Waals surface area contributed by atoms with Gasteiger partial charge in [-0.1, -0.05) is 83.2 Å². The predicted octanol–water partition coefficient (Wildman–Crippen LogP) is 2.89. The van der Waals surface area contributed by atoms with E-state index in [-0.39, 0.29) is 52.9 Å². The topological polar surface area (TPSA) is 36.9 Å². The maximum absolute atomic E-state index is 5.40. The zero-order valence-electron chi connectivity index (χ0n) is 21.9. The highest BCUT2D eigenvalue weighted by Gasteiger charge is 1.91. The molecule has 192 valence electrons. The minimum Gasteiger partial charge on any atom is -0.356 e. The van der Waals surface area contributed by atoms with Gasteiger partial charge in [0.1, 0.15) is 52.9 Å². The summed E-state index contributed by atoms with van der Waals surface area (Å²) in [5, 5.41) is 0. The van der Waals surface area contributed by atoms with Gasteiger partial charge < -0.3 is 18.9 Å². The number of hydrogen-bond acceptors (Lipinski definition) is 4. The molecule has 0 saturated heterocycles. The van der Waals surface area contributed by atoms with E-state index < -0.39 is 0 Å². The Morgan fingerprint density at radius 2 is 0.600 bits per heavy atom. The third-order valence-electron chi connectivity index (χ3n) is 4.53. The molecule has 0 aliphatic carbocycles. The van der Waals surface area contributed by atoms with Gasteiger partial charge in [-0.05, 0) is 60.1 Å². The maximum Gasteiger partial charge on any atom is 0.110 e. The molecule has 0 fully saturated rings. The van der Waals surface area contributed by atoms with Gasteiger partial charge in [0, 0.05) is 22.3 Å². The standard InChI is InChI=1S/C36H24O4/c1-2-6-24-38-28-12-20-34-16-10-18-36(32-34)22-14-30-40-26-8-4-3-7-25-39-29-13-21-35-17-9-15-33(31-35)19-11-27-37-23-5-1/h9-10,15-18,31-32H,23-30H2. The highest BCUT2D eigenvalue weighted by atomic mass is 16.5. The molecule has 40 heavy (non-hydrogen) atoms. The lowest BCUT2D eigenvalue weighted by atomic mass is 10.1. The van der Waals surface area contributed by atoms with Crippen LogP contribution in [0.3, 0.4) is 0 Å². The van der Waals surface area contributed by atoms with Gasteiger partial charge >= 0.3 is 0 Å². The molecule has 0 spiro atoms. The highest BCUT2D eigenvalue weighted by Crippen LogP contribution is 2.03. The summed E-state index contributed by atoms with van der Waals surface area (Å²) >= 11 is 0. The first kappa shape index (κ1) is 29.3. The first-order valence-electron chi connectivity index (χ1n) is 12.3. The molecule has 2 aromatic carbocycles. The van der Waals surface area contributed by atoms with Crippen molar-refractivity contribution in [3.05, 3.63) is 70.8 Å². The van der Waals surface area contributed by atoms with Crippen LogP contribution in [-0.2, 0) is 18.9 Å². The Morgan fingerprint density at radius 3 is 0.875 bits per heavy atom. The zero-order chi connectivity index (χ0) is 27.8. The van der Waals surface area contributed by atoms with Crippen molar-refractivity contribution < 1.29 is 18.9 Å². The third kappa shape index (κ3) is 13.9. The Labute approximate surface area is 237 Å². The molecule has 0 unspecified atom stereocenters. The molecule has 2 aromatic rings. The lowest BCUT2D eigenvalue weighted by Crippen LogP contribution is -1.92. The molecule has 0 radical (unpaired) electrons. The zero-order valence-corrected chi connectivity index (χ0v) is 21.9. The second kappa shape index (κ2) is 19.8. The summed E-state index contributed by atoms with van der Waals surface area (Å²) in [4.78, 5) is 0. The highest BCUT2D eigenvalue weighted by molar-refractivity contribution is 5.44. The number of fused-ring (bicyclic) bond motifs is 4. The summed E-state index contributed by atoms with van der Waals surface area (Å²) in [5.41, 5.74) is 3.40. The van der Waals surface area contributed by atoms with Crippen LogP contribution in [0.5, 0.6) is 0 Å². The summed E-state index contributed by atoms with van der Waals surface area (Å²) in [6, 6.07) is 15.3. The van der Waals surface area contributed by atoms with E-state index in [1.807, 2.05) is 48.5 Å². The molecule has 1 heterocycles. The molecule has 4 nitrogen and oxygen atoms in total. The van der Waals surface area contributed by atoms with Gasteiger partial charge in [0.05, 0.1) is 0 Å². The van der Waals surface area contributed by atoms with Crippen molar-refractivity contribution in [1.82, 2.24) is 0 Å². The lowest BCUT2D eigenvalue weighted by Gasteiger charge is -1.94. The fourth-order valence-corrected chi connectivity index (χ4v) is 2.84. The van der Waals surface area contributed by atoms with E-state index in [9.17, 15) is 0 Å². The van der Waals surface area contributed by atoms with E-state index in [2.05, 4.69) is 94.7 Å². The number of benzene rings is 2. The Balaban J connectivity index is 1.57. The molecule has 1 aliphatic rings. The number of hydrogen-bond donors (Lipinski definition) is 0. The van der Waals surface area contributed by atoms with Crippen molar-refractivity contribution in [2.24, 2.45) is 0 Å². The lowest BCUT2D eigenvalue weighted by molar-refractivity contribution is 0.204. The molecule has 0 amide bonds. The van der Waals surface area contributed by atoms with Crippen molar-refractivity contribution in [1.29, 1.82) is 0 Å². The monoisotopic (exact) mass is 520 g/mol. The Bertz CT molecular complexity index is 1410. The first-order valence-corrected chi connectivity index (χ1v) is 12.3. The van der Waals surface area contributed by atoms with Gasteiger partial charge in [-0.15, -0.1) is 0 Å². The minimum absolute atomic E-state index is 0.245. The Kier molecular flexibility index (Phi) is 14.5. The molecule has 4 bridgehead atoms. The van der Waals surface area contributed by atoms with E-state index in [4.69, 9.17) is 18.9 Å². The van der Waals surface area contributed by atoms with Crippen LogP contribution in [0.15, 0.2) is 48.5 Å². The van der Waals surface area contributed by atoms with Crippen LogP contribution < -0.4 is 0 Å². The first-order chi connectivity index (χ1) is 19.9. The Morgan fingerprint density at radius 1 is 0.350 bits per heavy atom. The third-order valence-corrected chi connectivity index (χ3v) is 4.53. The fourth-order valence-electron chi connectivity index (χ4n) is 2.84. The number of rotatable bonds is 0. The molecule has 1 aliphatic heterocycles. The van der Waals surface area contributed by atoms with E-state index in [0.29, 0.717) is 0 Å². The average Bonchev–Trinajstić information content (AvgIpc) is 2.97. The predicted molar refractivity (Wildman–Crippen MR) is 155 cm³/mol. The fraction of sp³-hybridized carbons (Fsp3) is 0.222. The van der Waals surface area contributed by atoms with Crippen LogP contribution in [-0.4, -0.2) is 52.9 Å². The molecule has 0 atom stereocenters. The van der Waals surface area contributed by atoms with Crippen molar-refractivity contribution in [2.45, 2.75) is 0 Å². The molecule has 3 rings (SSSR count). The van der Waals surface area contributed by atoms with Gasteiger partial charge in [0.15, 0.2) is 0 Å². The van der Waals surface area contributed by atoms with Gasteiger partial charge in [-0.25, -0.2) is 0 Å². The van der Waals surface area contributed by atoms with Crippen molar-refractivity contribution in [2.75, 3.05) is 52.9 Å². The SMILES string of the molecule is C1#CCOCC#Cc2cccc(c2)C#CCOCC#CC#CCOCC#Cc2cccc(c2)C#CCOCC#C1. The quantitative estimate of drug-likeness (QED) is 0.501. The normalized spacial score (nSPS) is 13.8. The summed E-state index contributed by atoms with van der Waals surface area (Å²) in [6.07, 6.45) is 0. The van der Waals surface area contributed by atoms with Gasteiger partial charge in [0.2, 0.25) is 0 Å². The van der Waals surface area contributed by atoms with Gasteiger partial charge in [0.25, 0.3) is 0 Å². The van der Waals surface area contributed by atoms with Crippen molar-refractivity contribution in [3.8, 4) is 94.7 Å². The average molecular weight is 521 g/mol. The van der Waals surface area contributed by atoms with Gasteiger partial charge in [-0.2, -0.15) is 0 Å². The summed E-state index contributed by atoms with van der Waals surface area (Å²) in [6.45, 7) is 2.04. The molecule has 0 aromatic heterocycles. The largest absolute Gasteiger partial charge is 0.356 e. The summed E-state index contributed by atoms with van der Waals surface area (Å²) in [7, 11) is 0. The van der Waals surface area contributed by atoms with Crippen LogP contribution >= 0.6 is 0 Å². The molecular weight excluding hydrogens is 496 g/mol. The van der Waals surface area contributed by atoms with Gasteiger partial charge in [-0.3, -0.25) is 0 Å². The smallest absolute Gasteiger partial charge is 0.110 e. The van der Waals surface area contributed by atoms with E-state index in [1.165, 1.54) is 0 Å². The second-order valence-electron chi connectivity index (χ2n) is 7.55. The summed E-state index contributed by atoms with van der Waals surface area (Å²) in [5.74, 6) is 46.3. The van der Waals surface area contributed by atoms with Crippen LogP contribution in [0.25, 0.3) is 0 Å². The number of ether oxygens (including phenoxy) is 4. The van der Waals surface area contributed by atoms with Crippen LogP contribution in [0.4, 0.5) is 0 Å². The van der Waals surface area contributed by atoms with Crippen molar-refractivity contribution in [3.63, 3.8) is 0 Å². The maximum atomic E-state index is 5.40. The van der Waals surface area contributed by atoms with Crippen LogP contribution in [0.2, 0.25) is 0 Å². The van der Waals surface area contributed by atoms with Crippen LogP contribution in [0, 0.1) is 94.7 Å². The van der Waals surface area contributed by atoms with Crippen molar-refractivity contribution >= 4 is 0 Å². The van der Waals surface area contributed by atoms with E-state index in [1.54, 1.807) is 0 Å². The molecule has 0 saturated carbocycles. The minimum atomic E-state index is 0.245. The second-order valence-corrected chi connectivity index (χ2v) is 7.55. The Hall–Kier alpha value is -5.24. The summed E-state index contributed by atoms with van der Waals surface area (Å²) < 4.78 is 21.6. The molecule has 0 N–H and O–H groups in total. The molecular formula is C36H24O4. The van der Waals surface area contributed by atoms with E-state index >= 15 is 0 Å². The van der Waals surface area contributed by atoms with Crippen LogP contribution in [0.1, 0.15) is 22.3 Å². The molecule has 4 heteroatoms. The van der Waals surface area contributed by atoms with E-state index in [0.717, 1.165) is 22.3 Å².